The molecule has 0 radical (unpaired) electrons. The zero-order chi connectivity index (χ0) is 16.4. The quantitative estimate of drug-likeness (QED) is 0.833. The molecule has 128 valence electrons. The summed E-state index contributed by atoms with van der Waals surface area (Å²) in [5, 5.41) is 2.19. The zero-order valence-corrected chi connectivity index (χ0v) is 14.9. The highest BCUT2D eigenvalue weighted by Gasteiger charge is 2.43. The van der Waals surface area contributed by atoms with Crippen LogP contribution in [0.3, 0.4) is 0 Å². The summed E-state index contributed by atoms with van der Waals surface area (Å²) in [5.74, 6) is 0. The number of aryl methyl sites for hydroxylation is 1. The summed E-state index contributed by atoms with van der Waals surface area (Å²) in [7, 11) is 0. The second-order valence-electron chi connectivity index (χ2n) is 6.69. The smallest absolute Gasteiger partial charge is 0.0992 e. The van der Waals surface area contributed by atoms with Crippen molar-refractivity contribution in [2.24, 2.45) is 0 Å². The van der Waals surface area contributed by atoms with Crippen LogP contribution in [0.4, 0.5) is 0 Å². The Morgan fingerprint density at radius 3 is 3.12 bits per heavy atom. The van der Waals surface area contributed by atoms with Crippen molar-refractivity contribution in [2.45, 2.75) is 51.2 Å². The van der Waals surface area contributed by atoms with Crippen molar-refractivity contribution in [2.75, 3.05) is 13.2 Å². The number of nitrogens with zero attached hydrogens (tertiary/aromatic N) is 2. The molecule has 3 heterocycles. The Morgan fingerprint density at radius 2 is 2.33 bits per heavy atom. The molecule has 2 fully saturated rings. The van der Waals surface area contributed by atoms with Crippen LogP contribution in [0.1, 0.15) is 28.8 Å². The van der Waals surface area contributed by atoms with Gasteiger partial charge in [-0.05, 0) is 48.4 Å². The van der Waals surface area contributed by atoms with Gasteiger partial charge in [0.05, 0.1) is 25.4 Å². The van der Waals surface area contributed by atoms with E-state index in [-0.39, 0.29) is 12.2 Å². The molecule has 0 unspecified atom stereocenters. The molecule has 2 aromatic heterocycles. The van der Waals surface area contributed by atoms with Gasteiger partial charge in [-0.1, -0.05) is 6.07 Å². The van der Waals surface area contributed by atoms with Crippen LogP contribution in [0.25, 0.3) is 0 Å². The van der Waals surface area contributed by atoms with Crippen molar-refractivity contribution in [1.29, 1.82) is 0 Å². The van der Waals surface area contributed by atoms with E-state index in [1.807, 2.05) is 23.6 Å². The summed E-state index contributed by atoms with van der Waals surface area (Å²) in [6, 6.07) is 6.72. The fourth-order valence-electron chi connectivity index (χ4n) is 3.80. The summed E-state index contributed by atoms with van der Waals surface area (Å²) in [6.07, 6.45) is 6.31. The molecule has 5 heteroatoms. The summed E-state index contributed by atoms with van der Waals surface area (Å²) in [6.45, 7) is 5.70. The number of morpholine rings is 1. The number of ether oxygens (including phenoxy) is 2. The van der Waals surface area contributed by atoms with Gasteiger partial charge in [0.15, 0.2) is 0 Å². The van der Waals surface area contributed by atoms with Gasteiger partial charge in [-0.3, -0.25) is 9.88 Å². The summed E-state index contributed by atoms with van der Waals surface area (Å²) in [4.78, 5) is 8.23. The van der Waals surface area contributed by atoms with Crippen molar-refractivity contribution in [3.63, 3.8) is 0 Å². The van der Waals surface area contributed by atoms with Gasteiger partial charge in [0.25, 0.3) is 0 Å². The van der Waals surface area contributed by atoms with Gasteiger partial charge in [-0.25, -0.2) is 0 Å². The predicted molar refractivity (Wildman–Crippen MR) is 95.0 cm³/mol. The van der Waals surface area contributed by atoms with Crippen LogP contribution in [-0.4, -0.2) is 41.3 Å². The molecule has 2 aromatic rings. The highest BCUT2D eigenvalue weighted by atomic mass is 32.1. The molecule has 1 saturated heterocycles. The molecular weight excluding hydrogens is 320 g/mol. The van der Waals surface area contributed by atoms with E-state index in [0.717, 1.165) is 38.1 Å². The third-order valence-corrected chi connectivity index (χ3v) is 6.16. The molecule has 0 bridgehead atoms. The van der Waals surface area contributed by atoms with Gasteiger partial charge in [-0.2, -0.15) is 0 Å². The molecule has 0 spiro atoms. The minimum atomic E-state index is 0.197. The molecule has 2 aliphatic rings. The van der Waals surface area contributed by atoms with Gasteiger partial charge < -0.3 is 9.47 Å². The Hall–Kier alpha value is -1.27. The van der Waals surface area contributed by atoms with Crippen LogP contribution in [0, 0.1) is 6.92 Å². The van der Waals surface area contributed by atoms with Crippen LogP contribution >= 0.6 is 11.3 Å². The Morgan fingerprint density at radius 1 is 1.38 bits per heavy atom. The fourth-order valence-corrected chi connectivity index (χ4v) is 4.73. The Balaban J connectivity index is 1.38. The van der Waals surface area contributed by atoms with Crippen molar-refractivity contribution in [3.8, 4) is 0 Å². The lowest BCUT2D eigenvalue weighted by Gasteiger charge is -2.39. The zero-order valence-electron chi connectivity index (χ0n) is 14.1. The molecule has 4 rings (SSSR count). The van der Waals surface area contributed by atoms with E-state index in [2.05, 4.69) is 34.3 Å². The van der Waals surface area contributed by atoms with E-state index < -0.39 is 0 Å². The number of thiophene rings is 1. The number of fused-ring (bicyclic) bond motifs is 1. The van der Waals surface area contributed by atoms with Crippen LogP contribution in [-0.2, 0) is 22.6 Å². The third kappa shape index (κ3) is 3.40. The normalized spacial score (nSPS) is 27.3. The molecule has 0 aromatic carbocycles. The Bertz CT molecular complexity index is 660. The molecule has 1 aliphatic heterocycles. The molecule has 3 atom stereocenters. The monoisotopic (exact) mass is 344 g/mol. The van der Waals surface area contributed by atoms with Crippen molar-refractivity contribution < 1.29 is 9.47 Å². The first-order chi connectivity index (χ1) is 11.8. The van der Waals surface area contributed by atoms with Gasteiger partial charge in [0.1, 0.15) is 0 Å². The molecule has 4 nitrogen and oxygen atoms in total. The van der Waals surface area contributed by atoms with Gasteiger partial charge in [0, 0.05) is 36.4 Å². The van der Waals surface area contributed by atoms with Crippen LogP contribution < -0.4 is 0 Å². The molecule has 0 N–H and O–H groups in total. The van der Waals surface area contributed by atoms with Crippen molar-refractivity contribution in [1.82, 2.24) is 9.88 Å². The Kier molecular flexibility index (Phi) is 4.94. The van der Waals surface area contributed by atoms with Crippen LogP contribution in [0.15, 0.2) is 36.0 Å². The van der Waals surface area contributed by atoms with E-state index in [9.17, 15) is 0 Å². The first kappa shape index (κ1) is 16.2. The topological polar surface area (TPSA) is 34.6 Å². The largest absolute Gasteiger partial charge is 0.373 e. The molecule has 24 heavy (non-hydrogen) atoms. The summed E-state index contributed by atoms with van der Waals surface area (Å²) >= 11 is 1.87. The van der Waals surface area contributed by atoms with E-state index in [1.165, 1.54) is 10.4 Å². The SMILES string of the molecule is Cc1ccsc1CN1CCO[C@@H]2[C@@H](OCc3cccnc3)CC[C@@H]21. The van der Waals surface area contributed by atoms with Gasteiger partial charge in [-0.15, -0.1) is 11.3 Å². The number of hydrogen-bond donors (Lipinski definition) is 0. The fraction of sp³-hybridized carbons (Fsp3) is 0.526. The molecule has 1 aliphatic carbocycles. The van der Waals surface area contributed by atoms with Crippen LogP contribution in [0.5, 0.6) is 0 Å². The summed E-state index contributed by atoms with van der Waals surface area (Å²) in [5.41, 5.74) is 2.54. The van der Waals surface area contributed by atoms with E-state index in [4.69, 9.17) is 9.47 Å². The van der Waals surface area contributed by atoms with Crippen molar-refractivity contribution in [3.05, 3.63) is 52.0 Å². The molecule has 1 saturated carbocycles. The lowest BCUT2D eigenvalue weighted by Crippen LogP contribution is -2.51. The standard InChI is InChI=1S/C19H24N2O2S/c1-14-6-10-24-18(14)12-21-8-9-22-19-16(21)4-5-17(19)23-13-15-3-2-7-20-11-15/h2-3,6-7,10-11,16-17,19H,4-5,8-9,12-13H2,1H3/t16-,17-,19-/m0/s1. The second kappa shape index (κ2) is 7.31. The van der Waals surface area contributed by atoms with E-state index >= 15 is 0 Å². The first-order valence-electron chi connectivity index (χ1n) is 8.70. The predicted octanol–water partition coefficient (Wildman–Crippen LogP) is 3.40. The average Bonchev–Trinajstić information content (AvgIpc) is 3.21. The Labute approximate surface area is 147 Å². The van der Waals surface area contributed by atoms with E-state index in [0.29, 0.717) is 12.6 Å². The maximum absolute atomic E-state index is 6.18. The molecule has 0 amide bonds. The number of pyridine rings is 1. The minimum absolute atomic E-state index is 0.197. The van der Waals surface area contributed by atoms with Crippen molar-refractivity contribution >= 4 is 11.3 Å². The molecular formula is C19H24N2O2S. The highest BCUT2D eigenvalue weighted by molar-refractivity contribution is 7.10. The number of aromatic nitrogens is 1. The van der Waals surface area contributed by atoms with Gasteiger partial charge >= 0.3 is 0 Å². The second-order valence-corrected chi connectivity index (χ2v) is 7.69. The minimum Gasteiger partial charge on any atom is -0.373 e. The lowest BCUT2D eigenvalue weighted by atomic mass is 10.1. The first-order valence-corrected chi connectivity index (χ1v) is 9.58. The number of rotatable bonds is 5. The average molecular weight is 344 g/mol. The van der Waals surface area contributed by atoms with Crippen LogP contribution in [0.2, 0.25) is 0 Å². The highest BCUT2D eigenvalue weighted by Crippen LogP contribution is 2.34. The lowest BCUT2D eigenvalue weighted by molar-refractivity contribution is -0.118. The maximum atomic E-state index is 6.18. The number of hydrogen-bond acceptors (Lipinski definition) is 5. The maximum Gasteiger partial charge on any atom is 0.0992 e. The summed E-state index contributed by atoms with van der Waals surface area (Å²) < 4.78 is 12.3. The van der Waals surface area contributed by atoms with E-state index in [1.54, 1.807) is 6.20 Å². The van der Waals surface area contributed by atoms with Gasteiger partial charge in [0.2, 0.25) is 0 Å². The third-order valence-electron chi connectivity index (χ3n) is 5.15.